The highest BCUT2D eigenvalue weighted by molar-refractivity contribution is 4.76. The van der Waals surface area contributed by atoms with Crippen LogP contribution in [0.25, 0.3) is 0 Å². The minimum Gasteiger partial charge on any atom is -0.293 e. The van der Waals surface area contributed by atoms with Gasteiger partial charge >= 0.3 is 0 Å². The van der Waals surface area contributed by atoms with Gasteiger partial charge in [-0.05, 0) is 0 Å². The molecule has 0 aliphatic carbocycles. The number of nitrogens with one attached hydrogen (secondary N) is 1. The lowest BCUT2D eigenvalue weighted by Crippen LogP contribution is -2.27. The molecule has 0 saturated carbocycles. The highest BCUT2D eigenvalue weighted by atomic mass is 15.5. The van der Waals surface area contributed by atoms with Gasteiger partial charge < -0.3 is 0 Å². The maximum absolute atomic E-state index is 3.54. The van der Waals surface area contributed by atoms with Gasteiger partial charge in [-0.3, -0.25) is 5.01 Å². The molecule has 0 aliphatic rings. The fraction of sp³-hybridized carbons (Fsp3) is 0.333. The van der Waals surface area contributed by atoms with E-state index in [2.05, 4.69) is 18.6 Å². The zero-order chi connectivity index (χ0) is 6.41. The highest BCUT2D eigenvalue weighted by Crippen LogP contribution is 1.78. The number of nitrogens with zero attached hydrogens (tertiary/aromatic N) is 1. The summed E-state index contributed by atoms with van der Waals surface area (Å²) in [5.74, 6) is 0. The Hall–Kier alpha value is -0.760. The van der Waals surface area contributed by atoms with Crippen molar-refractivity contribution in [1.29, 1.82) is 0 Å². The van der Waals surface area contributed by atoms with E-state index < -0.39 is 0 Å². The second-order valence-electron chi connectivity index (χ2n) is 1.28. The number of hydrazine groups is 1. The van der Waals surface area contributed by atoms with E-state index in [0.717, 1.165) is 6.54 Å². The minimum atomic E-state index is 0.887. The van der Waals surface area contributed by atoms with Crippen LogP contribution in [0.1, 0.15) is 6.92 Å². The van der Waals surface area contributed by atoms with Crippen molar-refractivity contribution >= 4 is 0 Å². The molecule has 0 atom stereocenters. The normalized spacial score (nSPS) is 8.12. The molecule has 0 radical (unpaired) electrons. The molecule has 0 fully saturated rings. The SMILES string of the molecule is C=CN(C=C)NCC. The number of hydrogen-bond acceptors (Lipinski definition) is 2. The van der Waals surface area contributed by atoms with E-state index in [-0.39, 0.29) is 0 Å². The van der Waals surface area contributed by atoms with Gasteiger partial charge in [0.2, 0.25) is 0 Å². The van der Waals surface area contributed by atoms with E-state index in [1.54, 1.807) is 17.4 Å². The van der Waals surface area contributed by atoms with Gasteiger partial charge in [-0.1, -0.05) is 20.1 Å². The van der Waals surface area contributed by atoms with Crippen molar-refractivity contribution in [1.82, 2.24) is 10.4 Å². The molecule has 0 amide bonds. The highest BCUT2D eigenvalue weighted by Gasteiger charge is 1.82. The summed E-state index contributed by atoms with van der Waals surface area (Å²) in [5, 5.41) is 1.71. The molecule has 46 valence electrons. The van der Waals surface area contributed by atoms with Gasteiger partial charge in [0.05, 0.1) is 0 Å². The molecule has 0 aliphatic heterocycles. The molecule has 0 heterocycles. The molecule has 0 spiro atoms. The summed E-state index contributed by atoms with van der Waals surface area (Å²) in [5.41, 5.74) is 2.98. The van der Waals surface area contributed by atoms with E-state index in [1.165, 1.54) is 0 Å². The van der Waals surface area contributed by atoms with Crippen molar-refractivity contribution in [2.75, 3.05) is 6.54 Å². The maximum Gasteiger partial charge on any atom is 0.0136 e. The summed E-state index contributed by atoms with van der Waals surface area (Å²) in [4.78, 5) is 0. The van der Waals surface area contributed by atoms with Crippen LogP contribution in [0.3, 0.4) is 0 Å². The Labute approximate surface area is 50.5 Å². The molecular formula is C6H12N2. The van der Waals surface area contributed by atoms with Crippen molar-refractivity contribution < 1.29 is 0 Å². The van der Waals surface area contributed by atoms with Crippen LogP contribution in [0.15, 0.2) is 25.6 Å². The van der Waals surface area contributed by atoms with Crippen LogP contribution in [0.5, 0.6) is 0 Å². The largest absolute Gasteiger partial charge is 0.293 e. The first-order valence-electron chi connectivity index (χ1n) is 2.62. The zero-order valence-corrected chi connectivity index (χ0v) is 5.22. The van der Waals surface area contributed by atoms with Gasteiger partial charge in [0.25, 0.3) is 0 Å². The third-order valence-corrected chi connectivity index (χ3v) is 0.734. The quantitative estimate of drug-likeness (QED) is 0.548. The van der Waals surface area contributed by atoms with Crippen LogP contribution < -0.4 is 5.43 Å². The van der Waals surface area contributed by atoms with Crippen molar-refractivity contribution in [3.63, 3.8) is 0 Å². The zero-order valence-electron chi connectivity index (χ0n) is 5.22. The maximum atomic E-state index is 3.54. The van der Waals surface area contributed by atoms with Gasteiger partial charge in [-0.2, -0.15) is 0 Å². The first-order valence-corrected chi connectivity index (χ1v) is 2.62. The van der Waals surface area contributed by atoms with Crippen molar-refractivity contribution in [3.05, 3.63) is 25.6 Å². The molecule has 0 rings (SSSR count). The van der Waals surface area contributed by atoms with Crippen molar-refractivity contribution in [2.45, 2.75) is 6.92 Å². The molecule has 0 aromatic carbocycles. The number of rotatable bonds is 4. The molecule has 2 nitrogen and oxygen atoms in total. The monoisotopic (exact) mass is 112 g/mol. The lowest BCUT2D eigenvalue weighted by molar-refractivity contribution is 0.380. The van der Waals surface area contributed by atoms with Crippen LogP contribution in [0.2, 0.25) is 0 Å². The molecular weight excluding hydrogens is 100 g/mol. The summed E-state index contributed by atoms with van der Waals surface area (Å²) >= 11 is 0. The van der Waals surface area contributed by atoms with Crippen LogP contribution in [0.4, 0.5) is 0 Å². The van der Waals surface area contributed by atoms with Gasteiger partial charge in [-0.15, -0.1) is 0 Å². The predicted molar refractivity (Wildman–Crippen MR) is 35.9 cm³/mol. The third kappa shape index (κ3) is 2.42. The van der Waals surface area contributed by atoms with Crippen LogP contribution in [-0.2, 0) is 0 Å². The Balaban J connectivity index is 3.35. The Bertz CT molecular complexity index is 70.6. The Morgan fingerprint density at radius 3 is 2.12 bits per heavy atom. The second kappa shape index (κ2) is 4.40. The topological polar surface area (TPSA) is 15.3 Å². The van der Waals surface area contributed by atoms with E-state index in [9.17, 15) is 0 Å². The van der Waals surface area contributed by atoms with Gasteiger partial charge in [0.1, 0.15) is 0 Å². The summed E-state index contributed by atoms with van der Waals surface area (Å²) < 4.78 is 0. The van der Waals surface area contributed by atoms with Crippen molar-refractivity contribution in [3.8, 4) is 0 Å². The Morgan fingerprint density at radius 1 is 1.50 bits per heavy atom. The van der Waals surface area contributed by atoms with Gasteiger partial charge in [0, 0.05) is 18.9 Å². The summed E-state index contributed by atoms with van der Waals surface area (Å²) in [7, 11) is 0. The number of hydrogen-bond donors (Lipinski definition) is 1. The lowest BCUT2D eigenvalue weighted by Gasteiger charge is -2.12. The fourth-order valence-corrected chi connectivity index (χ4v) is 0.386. The van der Waals surface area contributed by atoms with Crippen LogP contribution in [-0.4, -0.2) is 11.6 Å². The standard InChI is InChI=1S/C6H12N2/c1-4-7-8(5-2)6-3/h5-7H,2-4H2,1H3. The first kappa shape index (κ1) is 7.24. The molecule has 0 aromatic rings. The van der Waals surface area contributed by atoms with E-state index in [1.807, 2.05) is 6.92 Å². The summed E-state index contributed by atoms with van der Waals surface area (Å²) in [6.45, 7) is 9.99. The molecule has 0 saturated heterocycles. The summed E-state index contributed by atoms with van der Waals surface area (Å²) in [6.07, 6.45) is 3.33. The minimum absolute atomic E-state index is 0.887. The van der Waals surface area contributed by atoms with Crippen LogP contribution in [0, 0.1) is 0 Å². The molecule has 8 heavy (non-hydrogen) atoms. The smallest absolute Gasteiger partial charge is 0.0136 e. The average Bonchev–Trinajstić information content (AvgIpc) is 1.83. The van der Waals surface area contributed by atoms with Crippen molar-refractivity contribution in [2.24, 2.45) is 0 Å². The Kier molecular flexibility index (Phi) is 3.98. The van der Waals surface area contributed by atoms with Gasteiger partial charge in [0.15, 0.2) is 0 Å². The molecule has 1 N–H and O–H groups in total. The molecule has 0 aromatic heterocycles. The average molecular weight is 112 g/mol. The first-order chi connectivity index (χ1) is 3.85. The second-order valence-corrected chi connectivity index (χ2v) is 1.28. The fourth-order valence-electron chi connectivity index (χ4n) is 0.386. The van der Waals surface area contributed by atoms with E-state index in [0.29, 0.717) is 0 Å². The lowest BCUT2D eigenvalue weighted by atomic mass is 10.8. The molecule has 0 unspecified atom stereocenters. The van der Waals surface area contributed by atoms with Crippen LogP contribution >= 0.6 is 0 Å². The van der Waals surface area contributed by atoms with Gasteiger partial charge in [-0.25, -0.2) is 5.43 Å². The predicted octanol–water partition coefficient (Wildman–Crippen LogP) is 1.10. The summed E-state index contributed by atoms with van der Waals surface area (Å²) in [6, 6.07) is 0. The third-order valence-electron chi connectivity index (χ3n) is 0.734. The van der Waals surface area contributed by atoms with E-state index in [4.69, 9.17) is 0 Å². The van der Waals surface area contributed by atoms with E-state index >= 15 is 0 Å². The Morgan fingerprint density at radius 2 is 2.00 bits per heavy atom. The molecule has 2 heteroatoms. The molecule has 0 bridgehead atoms.